The number of aromatic nitrogens is 3. The van der Waals surface area contributed by atoms with Crippen LogP contribution < -0.4 is 5.32 Å². The van der Waals surface area contributed by atoms with Crippen molar-refractivity contribution in [3.05, 3.63) is 27.5 Å². The largest absolute Gasteiger partial charge is 0.376 e. The summed E-state index contributed by atoms with van der Waals surface area (Å²) in [6.07, 6.45) is 0. The second-order valence-corrected chi connectivity index (χ2v) is 4.94. The van der Waals surface area contributed by atoms with Gasteiger partial charge in [-0.3, -0.25) is 4.68 Å². The number of thiazole rings is 1. The number of hydrogen-bond acceptors (Lipinski definition) is 4. The molecule has 2 rings (SSSR count). The van der Waals surface area contributed by atoms with Gasteiger partial charge in [-0.05, 0) is 20.8 Å². The predicted octanol–water partition coefficient (Wildman–Crippen LogP) is 2.41. The molecule has 0 aliphatic rings. The van der Waals surface area contributed by atoms with E-state index >= 15 is 0 Å². The van der Waals surface area contributed by atoms with Crippen molar-refractivity contribution in [1.82, 2.24) is 14.8 Å². The second kappa shape index (κ2) is 4.25. The Morgan fingerprint density at radius 1 is 1.38 bits per heavy atom. The molecule has 0 radical (unpaired) electrons. The Morgan fingerprint density at radius 3 is 2.62 bits per heavy atom. The third-order valence-electron chi connectivity index (χ3n) is 2.62. The van der Waals surface area contributed by atoms with Crippen LogP contribution in [0.3, 0.4) is 0 Å². The minimum absolute atomic E-state index is 0.762. The average Bonchev–Trinajstić information content (AvgIpc) is 2.72. The van der Waals surface area contributed by atoms with Gasteiger partial charge < -0.3 is 5.32 Å². The van der Waals surface area contributed by atoms with Gasteiger partial charge in [-0.2, -0.15) is 5.10 Å². The fourth-order valence-electron chi connectivity index (χ4n) is 1.70. The zero-order chi connectivity index (χ0) is 11.7. The van der Waals surface area contributed by atoms with Crippen LogP contribution in [0.15, 0.2) is 5.38 Å². The lowest BCUT2D eigenvalue weighted by atomic mass is 10.3. The first kappa shape index (κ1) is 11.1. The van der Waals surface area contributed by atoms with Gasteiger partial charge in [0.15, 0.2) is 0 Å². The summed E-state index contributed by atoms with van der Waals surface area (Å²) in [5.41, 5.74) is 4.40. The summed E-state index contributed by atoms with van der Waals surface area (Å²) in [7, 11) is 1.96. The predicted molar refractivity (Wildman–Crippen MR) is 66.9 cm³/mol. The molecule has 4 nitrogen and oxygen atoms in total. The molecule has 2 aromatic heterocycles. The van der Waals surface area contributed by atoms with Crippen LogP contribution in [-0.2, 0) is 13.6 Å². The molecule has 0 fully saturated rings. The van der Waals surface area contributed by atoms with E-state index in [9.17, 15) is 0 Å². The number of rotatable bonds is 3. The Hall–Kier alpha value is -1.36. The molecule has 0 amide bonds. The molecule has 86 valence electrons. The zero-order valence-corrected chi connectivity index (χ0v) is 10.9. The lowest BCUT2D eigenvalue weighted by Crippen LogP contribution is -2.02. The Kier molecular flexibility index (Phi) is 2.96. The maximum Gasteiger partial charge on any atom is 0.0898 e. The SMILES string of the molecule is Cc1nc(CNc2c(C)nn(C)c2C)cs1. The van der Waals surface area contributed by atoms with Gasteiger partial charge in [0.05, 0.1) is 34.3 Å². The van der Waals surface area contributed by atoms with Crippen molar-refractivity contribution < 1.29 is 0 Å². The van der Waals surface area contributed by atoms with Gasteiger partial charge in [0.25, 0.3) is 0 Å². The average molecular weight is 236 g/mol. The van der Waals surface area contributed by atoms with Gasteiger partial charge in [-0.1, -0.05) is 0 Å². The maximum atomic E-state index is 4.42. The fraction of sp³-hybridized carbons (Fsp3) is 0.455. The summed E-state index contributed by atoms with van der Waals surface area (Å²) in [6, 6.07) is 0. The van der Waals surface area contributed by atoms with Crippen LogP contribution in [0.5, 0.6) is 0 Å². The first-order valence-corrected chi connectivity index (χ1v) is 6.11. The van der Waals surface area contributed by atoms with E-state index < -0.39 is 0 Å². The van der Waals surface area contributed by atoms with Crippen molar-refractivity contribution in [3.63, 3.8) is 0 Å². The zero-order valence-electron chi connectivity index (χ0n) is 10.0. The molecule has 0 aliphatic carbocycles. The molecule has 0 saturated carbocycles. The van der Waals surface area contributed by atoms with Crippen molar-refractivity contribution in [1.29, 1.82) is 0 Å². The van der Waals surface area contributed by atoms with Crippen LogP contribution in [0.2, 0.25) is 0 Å². The smallest absolute Gasteiger partial charge is 0.0898 e. The Bertz CT molecular complexity index is 498. The van der Waals surface area contributed by atoms with Crippen molar-refractivity contribution in [2.45, 2.75) is 27.3 Å². The molecule has 0 aliphatic heterocycles. The number of anilines is 1. The van der Waals surface area contributed by atoms with Gasteiger partial charge >= 0.3 is 0 Å². The molecule has 2 aromatic rings. The highest BCUT2D eigenvalue weighted by Gasteiger charge is 2.08. The van der Waals surface area contributed by atoms with E-state index in [1.165, 1.54) is 0 Å². The molecule has 0 bridgehead atoms. The van der Waals surface area contributed by atoms with E-state index in [4.69, 9.17) is 0 Å². The van der Waals surface area contributed by atoms with E-state index in [1.54, 1.807) is 11.3 Å². The third kappa shape index (κ3) is 2.09. The first-order valence-electron chi connectivity index (χ1n) is 5.23. The monoisotopic (exact) mass is 236 g/mol. The quantitative estimate of drug-likeness (QED) is 0.890. The normalized spacial score (nSPS) is 10.8. The van der Waals surface area contributed by atoms with Gasteiger partial charge in [0.2, 0.25) is 0 Å². The van der Waals surface area contributed by atoms with Crippen LogP contribution in [0.4, 0.5) is 5.69 Å². The number of nitrogens with zero attached hydrogens (tertiary/aromatic N) is 3. The van der Waals surface area contributed by atoms with Gasteiger partial charge in [0, 0.05) is 12.4 Å². The van der Waals surface area contributed by atoms with Gasteiger partial charge in [-0.25, -0.2) is 4.98 Å². The molecule has 5 heteroatoms. The van der Waals surface area contributed by atoms with Crippen LogP contribution in [0, 0.1) is 20.8 Å². The molecular formula is C11H16N4S. The minimum Gasteiger partial charge on any atom is -0.376 e. The van der Waals surface area contributed by atoms with Gasteiger partial charge in [-0.15, -0.1) is 11.3 Å². The summed E-state index contributed by atoms with van der Waals surface area (Å²) >= 11 is 1.68. The lowest BCUT2D eigenvalue weighted by Gasteiger charge is -2.04. The molecule has 0 spiro atoms. The Balaban J connectivity index is 2.10. The highest BCUT2D eigenvalue weighted by molar-refractivity contribution is 7.09. The van der Waals surface area contributed by atoms with Crippen molar-refractivity contribution in [2.24, 2.45) is 7.05 Å². The summed E-state index contributed by atoms with van der Waals surface area (Å²) in [5, 5.41) is 11.0. The van der Waals surface area contributed by atoms with Crippen molar-refractivity contribution >= 4 is 17.0 Å². The highest BCUT2D eigenvalue weighted by atomic mass is 32.1. The Morgan fingerprint density at radius 2 is 2.12 bits per heavy atom. The van der Waals surface area contributed by atoms with E-state index in [1.807, 2.05) is 25.6 Å². The number of hydrogen-bond donors (Lipinski definition) is 1. The third-order valence-corrected chi connectivity index (χ3v) is 3.44. The standard InChI is InChI=1S/C11H16N4S/c1-7-11(8(2)15(4)14-7)12-5-10-6-16-9(3)13-10/h6,12H,5H2,1-4H3. The summed E-state index contributed by atoms with van der Waals surface area (Å²) in [4.78, 5) is 4.42. The molecule has 0 atom stereocenters. The van der Waals surface area contributed by atoms with E-state index in [-0.39, 0.29) is 0 Å². The first-order chi connectivity index (χ1) is 7.58. The Labute approximate surface area is 99.3 Å². The highest BCUT2D eigenvalue weighted by Crippen LogP contribution is 2.19. The molecule has 0 aromatic carbocycles. The summed E-state index contributed by atoms with van der Waals surface area (Å²) < 4.78 is 1.89. The van der Waals surface area contributed by atoms with E-state index in [2.05, 4.69) is 27.7 Å². The molecule has 0 unspecified atom stereocenters. The van der Waals surface area contributed by atoms with Crippen LogP contribution >= 0.6 is 11.3 Å². The molecule has 0 saturated heterocycles. The van der Waals surface area contributed by atoms with Crippen LogP contribution in [-0.4, -0.2) is 14.8 Å². The van der Waals surface area contributed by atoms with Crippen LogP contribution in [0.25, 0.3) is 0 Å². The topological polar surface area (TPSA) is 42.7 Å². The summed E-state index contributed by atoms with van der Waals surface area (Å²) in [6.45, 7) is 6.86. The van der Waals surface area contributed by atoms with Crippen molar-refractivity contribution in [2.75, 3.05) is 5.32 Å². The molecular weight excluding hydrogens is 220 g/mol. The van der Waals surface area contributed by atoms with Gasteiger partial charge in [0.1, 0.15) is 0 Å². The maximum absolute atomic E-state index is 4.42. The molecule has 1 N–H and O–H groups in total. The molecule has 2 heterocycles. The number of aryl methyl sites for hydroxylation is 3. The fourth-order valence-corrected chi connectivity index (χ4v) is 2.31. The van der Waals surface area contributed by atoms with Crippen LogP contribution in [0.1, 0.15) is 22.1 Å². The lowest BCUT2D eigenvalue weighted by molar-refractivity contribution is 0.731. The summed E-state index contributed by atoms with van der Waals surface area (Å²) in [5.74, 6) is 0. The van der Waals surface area contributed by atoms with Crippen molar-refractivity contribution in [3.8, 4) is 0 Å². The molecule has 16 heavy (non-hydrogen) atoms. The minimum atomic E-state index is 0.762. The second-order valence-electron chi connectivity index (χ2n) is 3.88. The van der Waals surface area contributed by atoms with E-state index in [0.717, 1.165) is 34.3 Å². The van der Waals surface area contributed by atoms with E-state index in [0.29, 0.717) is 0 Å². The number of nitrogens with one attached hydrogen (secondary N) is 1.